The topological polar surface area (TPSA) is 89.8 Å². The van der Waals surface area contributed by atoms with Crippen molar-refractivity contribution in [2.24, 2.45) is 4.99 Å². The molecular weight excluding hydrogens is 353 g/mol. The van der Waals surface area contributed by atoms with Gasteiger partial charge in [0, 0.05) is 0 Å². The first kappa shape index (κ1) is 27.2. The van der Waals surface area contributed by atoms with E-state index in [-0.39, 0.29) is 63.8 Å². The molecule has 7 heteroatoms. The Balaban J connectivity index is 0. The molecule has 0 amide bonds. The largest absolute Gasteiger partial charge is 1.00 e. The van der Waals surface area contributed by atoms with Gasteiger partial charge < -0.3 is 10.1 Å². The molecule has 0 aliphatic heterocycles. The number of aliphatic imine (C=N–C) groups is 1. The van der Waals surface area contributed by atoms with E-state index in [9.17, 15) is 13.5 Å². The fourth-order valence-electron chi connectivity index (χ4n) is 2.48. The van der Waals surface area contributed by atoms with Crippen molar-refractivity contribution in [2.45, 2.75) is 90.4 Å². The van der Waals surface area contributed by atoms with Crippen molar-refractivity contribution >= 4 is 16.0 Å². The molecular formula is C17H34KNO4S. The zero-order valence-corrected chi connectivity index (χ0v) is 19.6. The Hall–Kier alpha value is 1.02. The first-order valence-electron chi connectivity index (χ1n) is 9.11. The van der Waals surface area contributed by atoms with Crippen LogP contribution in [0, 0.1) is 0 Å². The summed E-state index contributed by atoms with van der Waals surface area (Å²) >= 11 is 0. The minimum Gasteiger partial charge on any atom is -0.862 e. The van der Waals surface area contributed by atoms with Crippen LogP contribution >= 0.6 is 0 Å². The van der Waals surface area contributed by atoms with Crippen LogP contribution in [-0.2, 0) is 10.1 Å². The standard InChI is InChI=1S/C17H35NO4S.K/c1-2-3-4-5-6-7-8-9-10-11-12-13-14-17(19)18-15-16-23(20,21)22;/h2-16H2,1H3,(H,18,19)(H,20,21,22);/q;+1/p-1. The molecule has 0 atom stereocenters. The van der Waals surface area contributed by atoms with Gasteiger partial charge in [-0.25, -0.2) is 0 Å². The number of nitrogens with zero attached hydrogens (tertiary/aromatic N) is 1. The van der Waals surface area contributed by atoms with E-state index in [1.165, 1.54) is 57.8 Å². The summed E-state index contributed by atoms with van der Waals surface area (Å²) in [6.07, 6.45) is 15.3. The second-order valence-corrected chi connectivity index (χ2v) is 7.77. The Morgan fingerprint density at radius 2 is 1.29 bits per heavy atom. The van der Waals surface area contributed by atoms with Gasteiger partial charge in [0.25, 0.3) is 10.1 Å². The van der Waals surface area contributed by atoms with Crippen LogP contribution in [0.5, 0.6) is 0 Å². The molecule has 0 unspecified atom stereocenters. The van der Waals surface area contributed by atoms with Crippen molar-refractivity contribution in [1.82, 2.24) is 0 Å². The third-order valence-corrected chi connectivity index (χ3v) is 4.58. The average molecular weight is 388 g/mol. The molecule has 0 aromatic carbocycles. The fourth-order valence-corrected chi connectivity index (χ4v) is 2.80. The molecule has 0 fully saturated rings. The van der Waals surface area contributed by atoms with Crippen LogP contribution < -0.4 is 56.5 Å². The smallest absolute Gasteiger partial charge is 0.862 e. The Morgan fingerprint density at radius 1 is 0.875 bits per heavy atom. The fraction of sp³-hybridized carbons (Fsp3) is 0.941. The summed E-state index contributed by atoms with van der Waals surface area (Å²) in [7, 11) is -4.01. The molecule has 0 heterocycles. The second-order valence-electron chi connectivity index (χ2n) is 6.20. The molecule has 1 N–H and O–H groups in total. The maximum absolute atomic E-state index is 11.4. The third kappa shape index (κ3) is 23.0. The molecule has 138 valence electrons. The van der Waals surface area contributed by atoms with E-state index in [0.29, 0.717) is 6.42 Å². The van der Waals surface area contributed by atoms with Gasteiger partial charge in [0.05, 0.1) is 12.3 Å². The third-order valence-electron chi connectivity index (χ3n) is 3.88. The van der Waals surface area contributed by atoms with Crippen LogP contribution in [-0.4, -0.2) is 31.2 Å². The van der Waals surface area contributed by atoms with Crippen LogP contribution in [0.3, 0.4) is 0 Å². The Morgan fingerprint density at radius 3 is 1.71 bits per heavy atom. The summed E-state index contributed by atoms with van der Waals surface area (Å²) in [5.74, 6) is -0.738. The van der Waals surface area contributed by atoms with Crippen molar-refractivity contribution in [1.29, 1.82) is 0 Å². The van der Waals surface area contributed by atoms with E-state index >= 15 is 0 Å². The van der Waals surface area contributed by atoms with Crippen LogP contribution in [0.15, 0.2) is 4.99 Å². The van der Waals surface area contributed by atoms with Crippen LogP contribution in [0.1, 0.15) is 90.4 Å². The molecule has 0 aliphatic carbocycles. The minimum absolute atomic E-state index is 0. The molecule has 0 bridgehead atoms. The number of rotatable bonds is 16. The molecule has 0 spiro atoms. The van der Waals surface area contributed by atoms with Gasteiger partial charge in [-0.2, -0.15) is 8.42 Å². The first-order chi connectivity index (χ1) is 11.0. The van der Waals surface area contributed by atoms with E-state index in [2.05, 4.69) is 11.9 Å². The zero-order valence-electron chi connectivity index (χ0n) is 15.6. The minimum atomic E-state index is -4.01. The summed E-state index contributed by atoms with van der Waals surface area (Å²) in [6.45, 7) is 2.09. The van der Waals surface area contributed by atoms with Crippen LogP contribution in [0.25, 0.3) is 0 Å². The number of hydrogen-bond acceptors (Lipinski definition) is 4. The van der Waals surface area contributed by atoms with Crippen molar-refractivity contribution in [2.75, 3.05) is 12.3 Å². The Kier molecular flexibility index (Phi) is 21.3. The molecule has 0 rings (SSSR count). The van der Waals surface area contributed by atoms with Gasteiger partial charge in [0.1, 0.15) is 0 Å². The van der Waals surface area contributed by atoms with E-state index < -0.39 is 15.9 Å². The van der Waals surface area contributed by atoms with Crippen molar-refractivity contribution < 1.29 is 69.5 Å². The van der Waals surface area contributed by atoms with Gasteiger partial charge in [0.2, 0.25) is 0 Å². The predicted octanol–water partition coefficient (Wildman–Crippen LogP) is 0.728. The summed E-state index contributed by atoms with van der Waals surface area (Å²) in [6, 6.07) is 0. The van der Waals surface area contributed by atoms with Crippen molar-refractivity contribution in [3.05, 3.63) is 0 Å². The second kappa shape index (κ2) is 18.8. The van der Waals surface area contributed by atoms with Crippen molar-refractivity contribution in [3.8, 4) is 0 Å². The normalized spacial score (nSPS) is 12.2. The Labute approximate surface area is 191 Å². The average Bonchev–Trinajstić information content (AvgIpc) is 2.47. The Bertz CT molecular complexity index is 399. The molecule has 0 aromatic heterocycles. The van der Waals surface area contributed by atoms with Gasteiger partial charge in [-0.05, 0) is 18.7 Å². The first-order valence-corrected chi connectivity index (χ1v) is 10.7. The maximum atomic E-state index is 11.4. The van der Waals surface area contributed by atoms with Gasteiger partial charge in [0.15, 0.2) is 0 Å². The summed E-state index contributed by atoms with van der Waals surface area (Å²) < 4.78 is 29.5. The van der Waals surface area contributed by atoms with Crippen LogP contribution in [0.4, 0.5) is 0 Å². The zero-order chi connectivity index (χ0) is 17.4. The van der Waals surface area contributed by atoms with Crippen LogP contribution in [0.2, 0.25) is 0 Å². The van der Waals surface area contributed by atoms with Gasteiger partial charge in [-0.15, -0.1) is 0 Å². The van der Waals surface area contributed by atoms with Crippen molar-refractivity contribution in [3.63, 3.8) is 0 Å². The molecule has 0 radical (unpaired) electrons. The quantitative estimate of drug-likeness (QED) is 0.139. The summed E-state index contributed by atoms with van der Waals surface area (Å²) in [4.78, 5) is 3.62. The van der Waals surface area contributed by atoms with E-state index in [1.54, 1.807) is 0 Å². The van der Waals surface area contributed by atoms with Gasteiger partial charge >= 0.3 is 51.4 Å². The number of hydrogen-bond donors (Lipinski definition) is 1. The van der Waals surface area contributed by atoms with E-state index in [0.717, 1.165) is 19.3 Å². The summed E-state index contributed by atoms with van der Waals surface area (Å²) in [5.41, 5.74) is 0. The molecule has 0 saturated carbocycles. The molecule has 24 heavy (non-hydrogen) atoms. The van der Waals surface area contributed by atoms with E-state index in [1.807, 2.05) is 0 Å². The SMILES string of the molecule is CCCCCCCCCCCCCCC([O-])=NCCS(=O)(=O)O.[K+]. The maximum Gasteiger partial charge on any atom is 1.00 e. The van der Waals surface area contributed by atoms with Gasteiger partial charge in [-0.3, -0.25) is 4.55 Å². The molecule has 5 nitrogen and oxygen atoms in total. The molecule has 0 aliphatic rings. The monoisotopic (exact) mass is 387 g/mol. The molecule has 0 saturated heterocycles. The predicted molar refractivity (Wildman–Crippen MR) is 94.4 cm³/mol. The summed E-state index contributed by atoms with van der Waals surface area (Å²) in [5, 5.41) is 11.4. The molecule has 0 aromatic rings. The number of unbranched alkanes of at least 4 members (excludes halogenated alkanes) is 11. The van der Waals surface area contributed by atoms with E-state index in [4.69, 9.17) is 4.55 Å². The van der Waals surface area contributed by atoms with Gasteiger partial charge in [-0.1, -0.05) is 77.6 Å².